The zero-order valence-electron chi connectivity index (χ0n) is 9.76. The van der Waals surface area contributed by atoms with E-state index in [4.69, 9.17) is 0 Å². The van der Waals surface area contributed by atoms with E-state index in [1.54, 1.807) is 19.6 Å². The van der Waals surface area contributed by atoms with Crippen molar-refractivity contribution in [2.75, 3.05) is 0 Å². The van der Waals surface area contributed by atoms with Crippen LogP contribution in [-0.4, -0.2) is 35.4 Å². The van der Waals surface area contributed by atoms with E-state index in [9.17, 15) is 26.3 Å². The fraction of sp³-hybridized carbons (Fsp3) is 0.750. The van der Waals surface area contributed by atoms with Gasteiger partial charge in [0.25, 0.3) is 6.17 Å². The Hall–Kier alpha value is -1.06. The Morgan fingerprint density at radius 3 is 2.00 bits per heavy atom. The number of aromatic nitrogens is 3. The fourth-order valence-electron chi connectivity index (χ4n) is 1.07. The van der Waals surface area contributed by atoms with E-state index in [1.165, 1.54) is 0 Å². The zero-order chi connectivity index (χ0) is 14.4. The van der Waals surface area contributed by atoms with Gasteiger partial charge in [0.2, 0.25) is 0 Å². The number of halogens is 6. The standard InChI is InChI=1S/C8H11F6N3Si/c1-18(2,3)5-4-17(16-15-5)8(13,14)6(9)7(10,11)12/h4,6H,1-3H3. The molecule has 0 aliphatic heterocycles. The van der Waals surface area contributed by atoms with Crippen LogP contribution in [0.3, 0.4) is 0 Å². The first-order chi connectivity index (χ1) is 7.87. The molecule has 0 fully saturated rings. The molecule has 0 N–H and O–H groups in total. The average molecular weight is 291 g/mol. The molecule has 0 aliphatic rings. The number of rotatable bonds is 3. The topological polar surface area (TPSA) is 30.7 Å². The molecule has 1 aromatic rings. The third-order valence-corrected chi connectivity index (χ3v) is 3.93. The van der Waals surface area contributed by atoms with Gasteiger partial charge in [0, 0.05) is 0 Å². The predicted molar refractivity (Wildman–Crippen MR) is 54.1 cm³/mol. The summed E-state index contributed by atoms with van der Waals surface area (Å²) in [6.07, 6.45) is -9.31. The highest BCUT2D eigenvalue weighted by Gasteiger charge is 2.59. The summed E-state index contributed by atoms with van der Waals surface area (Å²) in [5.41, 5.74) is 0. The molecule has 10 heteroatoms. The summed E-state index contributed by atoms with van der Waals surface area (Å²) in [6, 6.07) is -4.80. The van der Waals surface area contributed by atoms with E-state index in [1.807, 2.05) is 0 Å². The number of hydrogen-bond acceptors (Lipinski definition) is 2. The fourth-order valence-corrected chi connectivity index (χ4v) is 1.92. The predicted octanol–water partition coefficient (Wildman–Crippen LogP) is 2.27. The Morgan fingerprint density at radius 1 is 1.17 bits per heavy atom. The number of nitrogens with zero attached hydrogens (tertiary/aromatic N) is 3. The molecule has 104 valence electrons. The second-order valence-electron chi connectivity index (χ2n) is 4.79. The van der Waals surface area contributed by atoms with Crippen LogP contribution in [0.2, 0.25) is 19.6 Å². The molecule has 1 rings (SSSR count). The van der Waals surface area contributed by atoms with Crippen molar-refractivity contribution in [1.29, 1.82) is 0 Å². The lowest BCUT2D eigenvalue weighted by molar-refractivity contribution is -0.276. The molecule has 1 atom stereocenters. The Balaban J connectivity index is 3.10. The minimum absolute atomic E-state index is 0.177. The van der Waals surface area contributed by atoms with Gasteiger partial charge >= 0.3 is 12.2 Å². The van der Waals surface area contributed by atoms with Crippen LogP contribution < -0.4 is 5.32 Å². The van der Waals surface area contributed by atoms with Gasteiger partial charge in [-0.1, -0.05) is 24.9 Å². The molecule has 0 radical (unpaired) electrons. The van der Waals surface area contributed by atoms with Gasteiger partial charge in [0.05, 0.1) is 11.5 Å². The Labute approximate surface area is 99.8 Å². The highest BCUT2D eigenvalue weighted by atomic mass is 28.3. The average Bonchev–Trinajstić information content (AvgIpc) is 2.63. The summed E-state index contributed by atoms with van der Waals surface area (Å²) < 4.78 is 74.7. The third-order valence-electron chi connectivity index (χ3n) is 2.16. The van der Waals surface area contributed by atoms with E-state index in [-0.39, 0.29) is 10.00 Å². The van der Waals surface area contributed by atoms with Gasteiger partial charge in [0.15, 0.2) is 0 Å². The van der Waals surface area contributed by atoms with Gasteiger partial charge in [-0.05, 0) is 0 Å². The minimum atomic E-state index is -5.66. The minimum Gasteiger partial charge on any atom is -0.228 e. The van der Waals surface area contributed by atoms with Crippen molar-refractivity contribution < 1.29 is 26.3 Å². The van der Waals surface area contributed by atoms with Crippen LogP contribution in [-0.2, 0) is 6.05 Å². The van der Waals surface area contributed by atoms with Crippen LogP contribution in [0, 0.1) is 0 Å². The van der Waals surface area contributed by atoms with Gasteiger partial charge in [0.1, 0.15) is 8.07 Å². The smallest absolute Gasteiger partial charge is 0.228 e. The summed E-state index contributed by atoms with van der Waals surface area (Å²) in [7, 11) is -2.10. The van der Waals surface area contributed by atoms with Crippen LogP contribution in [0.15, 0.2) is 6.20 Å². The van der Waals surface area contributed by atoms with Crippen LogP contribution >= 0.6 is 0 Å². The first-order valence-electron chi connectivity index (χ1n) is 4.88. The summed E-state index contributed by atoms with van der Waals surface area (Å²) in [4.78, 5) is 0. The SMILES string of the molecule is C[Si](C)(C)c1cn(C(F)(F)C(F)C(F)(F)F)nn1. The lowest BCUT2D eigenvalue weighted by atomic mass is 10.3. The normalized spacial score (nSPS) is 15.8. The molecule has 1 unspecified atom stereocenters. The second-order valence-corrected chi connectivity index (χ2v) is 9.80. The Morgan fingerprint density at radius 2 is 1.67 bits per heavy atom. The van der Waals surface area contributed by atoms with Gasteiger partial charge in [-0.2, -0.15) is 26.6 Å². The van der Waals surface area contributed by atoms with Crippen molar-refractivity contribution in [1.82, 2.24) is 15.0 Å². The van der Waals surface area contributed by atoms with E-state index in [2.05, 4.69) is 10.3 Å². The molecule has 1 heterocycles. The summed E-state index contributed by atoms with van der Waals surface area (Å²) >= 11 is 0. The van der Waals surface area contributed by atoms with Crippen molar-refractivity contribution in [3.63, 3.8) is 0 Å². The first-order valence-corrected chi connectivity index (χ1v) is 8.38. The summed E-state index contributed by atoms with van der Waals surface area (Å²) in [5, 5.41) is 6.46. The zero-order valence-corrected chi connectivity index (χ0v) is 10.8. The Bertz CT molecular complexity index is 421. The molecule has 3 nitrogen and oxygen atoms in total. The summed E-state index contributed by atoms with van der Waals surface area (Å²) in [6.45, 7) is 5.24. The highest BCUT2D eigenvalue weighted by Crippen LogP contribution is 2.37. The molecule has 0 aliphatic carbocycles. The van der Waals surface area contributed by atoms with Crippen molar-refractivity contribution in [2.45, 2.75) is 38.0 Å². The van der Waals surface area contributed by atoms with Crippen LogP contribution in [0.1, 0.15) is 0 Å². The van der Waals surface area contributed by atoms with Crippen LogP contribution in [0.25, 0.3) is 0 Å². The molecule has 0 bridgehead atoms. The molecular weight excluding hydrogens is 280 g/mol. The Kier molecular flexibility index (Phi) is 3.54. The monoisotopic (exact) mass is 291 g/mol. The lowest BCUT2D eigenvalue weighted by Crippen LogP contribution is -2.44. The summed E-state index contributed by atoms with van der Waals surface area (Å²) in [5.74, 6) is 0. The number of alkyl halides is 6. The molecule has 0 spiro atoms. The van der Waals surface area contributed by atoms with Gasteiger partial charge < -0.3 is 0 Å². The largest absolute Gasteiger partial charge is 0.427 e. The molecule has 0 saturated heterocycles. The maximum absolute atomic E-state index is 13.2. The van der Waals surface area contributed by atoms with E-state index in [0.717, 1.165) is 0 Å². The molecule has 0 saturated carbocycles. The van der Waals surface area contributed by atoms with Gasteiger partial charge in [-0.3, -0.25) is 0 Å². The lowest BCUT2D eigenvalue weighted by Gasteiger charge is -2.22. The first kappa shape index (κ1) is 15.0. The van der Waals surface area contributed by atoms with Gasteiger partial charge in [-0.15, -0.1) is 5.10 Å². The van der Waals surface area contributed by atoms with Crippen molar-refractivity contribution in [3.8, 4) is 0 Å². The highest BCUT2D eigenvalue weighted by molar-refractivity contribution is 6.88. The van der Waals surface area contributed by atoms with E-state index in [0.29, 0.717) is 6.20 Å². The molecular formula is C8H11F6N3Si. The molecule has 1 aromatic heterocycles. The van der Waals surface area contributed by atoms with Gasteiger partial charge in [-0.25, -0.2) is 4.39 Å². The van der Waals surface area contributed by atoms with Crippen LogP contribution in [0.4, 0.5) is 26.3 Å². The van der Waals surface area contributed by atoms with Crippen molar-refractivity contribution >= 4 is 13.4 Å². The maximum atomic E-state index is 13.2. The molecule has 0 amide bonds. The van der Waals surface area contributed by atoms with Crippen molar-refractivity contribution in [2.24, 2.45) is 0 Å². The maximum Gasteiger partial charge on any atom is 0.427 e. The third kappa shape index (κ3) is 2.84. The number of hydrogen-bond donors (Lipinski definition) is 0. The molecule has 0 aromatic carbocycles. The van der Waals surface area contributed by atoms with Crippen molar-refractivity contribution in [3.05, 3.63) is 6.20 Å². The second kappa shape index (κ2) is 4.25. The van der Waals surface area contributed by atoms with Crippen LogP contribution in [0.5, 0.6) is 0 Å². The quantitative estimate of drug-likeness (QED) is 0.632. The van der Waals surface area contributed by atoms with E-state index >= 15 is 0 Å². The molecule has 18 heavy (non-hydrogen) atoms. The van der Waals surface area contributed by atoms with E-state index < -0.39 is 26.5 Å².